The highest BCUT2D eigenvalue weighted by atomic mass is 35.5. The van der Waals surface area contributed by atoms with Gasteiger partial charge in [-0.3, -0.25) is 14.4 Å². The highest BCUT2D eigenvalue weighted by Crippen LogP contribution is 2.42. The second kappa shape index (κ2) is 26.1. The first-order valence-electron chi connectivity index (χ1n) is 21.6. The summed E-state index contributed by atoms with van der Waals surface area (Å²) in [5, 5.41) is 8.76. The Morgan fingerprint density at radius 3 is 2.23 bits per heavy atom. The summed E-state index contributed by atoms with van der Waals surface area (Å²) in [6.07, 6.45) is 11.9. The molecule has 10 nitrogen and oxygen atoms in total. The summed E-state index contributed by atoms with van der Waals surface area (Å²) in [4.78, 5) is 41.7. The van der Waals surface area contributed by atoms with Crippen molar-refractivity contribution in [3.63, 3.8) is 0 Å². The number of benzene rings is 2. The Kier molecular flexibility index (Phi) is 22.6. The number of aromatic nitrogens is 1. The third-order valence-corrected chi connectivity index (χ3v) is 11.9. The van der Waals surface area contributed by atoms with E-state index in [9.17, 15) is 14.4 Å². The maximum absolute atomic E-state index is 15.2. The van der Waals surface area contributed by atoms with Gasteiger partial charge in [0.25, 0.3) is 11.8 Å². The average molecular weight is 853 g/mol. The summed E-state index contributed by atoms with van der Waals surface area (Å²) < 4.78 is 25.5. The average Bonchev–Trinajstić information content (AvgIpc) is 3.74. The molecule has 0 saturated heterocycles. The van der Waals surface area contributed by atoms with Crippen molar-refractivity contribution >= 4 is 35.0 Å². The number of methoxy groups -OCH3 is 2. The summed E-state index contributed by atoms with van der Waals surface area (Å²) in [7, 11) is 4.73. The quantitative estimate of drug-likeness (QED) is 0.0567. The van der Waals surface area contributed by atoms with E-state index in [-0.39, 0.29) is 35.0 Å². The van der Waals surface area contributed by atoms with Crippen molar-refractivity contribution in [1.82, 2.24) is 15.6 Å². The van der Waals surface area contributed by atoms with E-state index in [0.717, 1.165) is 69.5 Å². The number of hydrogen-bond donors (Lipinski definition) is 4. The van der Waals surface area contributed by atoms with Crippen LogP contribution in [0.3, 0.4) is 0 Å². The van der Waals surface area contributed by atoms with Crippen LogP contribution in [0.5, 0.6) is 5.88 Å². The summed E-state index contributed by atoms with van der Waals surface area (Å²) in [6, 6.07) is 10.1. The van der Waals surface area contributed by atoms with Crippen LogP contribution in [0.15, 0.2) is 48.0 Å². The molecule has 0 aliphatic heterocycles. The summed E-state index contributed by atoms with van der Waals surface area (Å²) in [5.74, 6) is -0.0378. The van der Waals surface area contributed by atoms with Gasteiger partial charge in [-0.2, -0.15) is 0 Å². The molecule has 2 unspecified atom stereocenters. The molecule has 4 rings (SSSR count). The molecule has 1 aromatic heterocycles. The number of likely N-dealkylation sites (N-methyl/N-ethyl adjacent to an activating group) is 1. The van der Waals surface area contributed by atoms with Gasteiger partial charge < -0.3 is 31.2 Å². The van der Waals surface area contributed by atoms with Gasteiger partial charge in [-0.15, -0.1) is 0 Å². The van der Waals surface area contributed by atoms with Gasteiger partial charge in [-0.05, 0) is 100.0 Å². The number of halogens is 2. The molecule has 0 fully saturated rings. The van der Waals surface area contributed by atoms with Crippen molar-refractivity contribution in [3.8, 4) is 28.3 Å². The maximum atomic E-state index is 15.2. The second-order valence-electron chi connectivity index (χ2n) is 15.5. The predicted octanol–water partition coefficient (Wildman–Crippen LogP) is 10.2. The third kappa shape index (κ3) is 14.1. The standard InChI is InChI=1S/C28H28ClFN4O3.C16H33NO.C4H10O/c1-15-22(33-27(36)20(12-13-31)26(35)32-2)11-10-21(30)24(15)19-9-5-8-18(25(19)29)23-14-16-6-4-7-17(16)28(34-23)37-3;1-7-13(5)11-12-16(9-3,10-4)17-15(18)14(6)8-2;1-3-4-5-2/h5,8-12,14H,4,6-7,13,31H2,1-3H3,(H,32,35)(H,33,36);13-14H,7-12H2,1-6H3,(H,17,18);3-4H2,1-2H3/b20-12+;;. The number of ether oxygens (including phenoxy) is 2. The monoisotopic (exact) mass is 852 g/mol. The molecule has 3 amide bonds. The largest absolute Gasteiger partial charge is 0.481 e. The minimum atomic E-state index is -0.653. The number of aryl methyl sites for hydroxylation is 1. The Bertz CT molecular complexity index is 1890. The molecule has 0 radical (unpaired) electrons. The molecule has 5 N–H and O–H groups in total. The van der Waals surface area contributed by atoms with Gasteiger partial charge in [-0.1, -0.05) is 90.8 Å². The van der Waals surface area contributed by atoms with Crippen molar-refractivity contribution in [2.45, 2.75) is 125 Å². The lowest BCUT2D eigenvalue weighted by molar-refractivity contribution is -0.127. The Balaban J connectivity index is 0.000000451. The van der Waals surface area contributed by atoms with Gasteiger partial charge in [0, 0.05) is 66.7 Å². The molecule has 332 valence electrons. The topological polar surface area (TPSA) is 145 Å². The number of amides is 3. The number of anilines is 1. The lowest BCUT2D eigenvalue weighted by Gasteiger charge is -2.35. The molecule has 60 heavy (non-hydrogen) atoms. The number of pyridine rings is 1. The molecule has 1 aliphatic rings. The van der Waals surface area contributed by atoms with Crippen molar-refractivity contribution < 1.29 is 28.2 Å². The van der Waals surface area contributed by atoms with E-state index >= 15 is 4.39 Å². The Morgan fingerprint density at radius 1 is 1.00 bits per heavy atom. The van der Waals surface area contributed by atoms with Gasteiger partial charge in [0.1, 0.15) is 11.4 Å². The highest BCUT2D eigenvalue weighted by Gasteiger charge is 2.29. The fraction of sp³-hybridized carbons (Fsp3) is 0.542. The molecular weight excluding hydrogens is 781 g/mol. The van der Waals surface area contributed by atoms with Crippen molar-refractivity contribution in [2.24, 2.45) is 17.6 Å². The first-order chi connectivity index (χ1) is 28.7. The van der Waals surface area contributed by atoms with Crippen molar-refractivity contribution in [1.29, 1.82) is 0 Å². The number of hydrogen-bond acceptors (Lipinski definition) is 7. The molecule has 1 aliphatic carbocycles. The maximum Gasteiger partial charge on any atom is 0.260 e. The minimum Gasteiger partial charge on any atom is -0.481 e. The number of carbonyl (C=O) groups is 3. The van der Waals surface area contributed by atoms with Gasteiger partial charge in [0.05, 0.1) is 17.8 Å². The molecule has 0 saturated carbocycles. The molecule has 0 spiro atoms. The normalized spacial score (nSPS) is 13.1. The Morgan fingerprint density at radius 2 is 1.68 bits per heavy atom. The Labute approximate surface area is 364 Å². The molecule has 3 aromatic rings. The zero-order valence-corrected chi connectivity index (χ0v) is 38.8. The number of nitrogens with two attached hydrogens (primary N) is 1. The van der Waals surface area contributed by atoms with E-state index in [2.05, 4.69) is 62.5 Å². The fourth-order valence-electron chi connectivity index (χ4n) is 6.99. The SMILES string of the molecule is CCC(C)CCC(CC)(CC)NC(=O)C(C)CC.CCCOC.CNC(=O)/C(=C\CN)C(=O)Nc1ccc(F)c(-c2cccc(-c3cc4c(c(OC)n3)CCC4)c2Cl)c1C. The van der Waals surface area contributed by atoms with Crippen LogP contribution in [0.4, 0.5) is 10.1 Å². The van der Waals surface area contributed by atoms with E-state index in [1.165, 1.54) is 43.7 Å². The van der Waals surface area contributed by atoms with E-state index < -0.39 is 17.6 Å². The van der Waals surface area contributed by atoms with E-state index in [1.807, 2.05) is 19.1 Å². The van der Waals surface area contributed by atoms with Crippen LogP contribution in [0, 0.1) is 24.6 Å². The second-order valence-corrected chi connectivity index (χ2v) is 15.9. The predicted molar refractivity (Wildman–Crippen MR) is 245 cm³/mol. The van der Waals surface area contributed by atoms with Gasteiger partial charge in [0.15, 0.2) is 0 Å². The summed E-state index contributed by atoms with van der Waals surface area (Å²) >= 11 is 6.87. The number of carbonyl (C=O) groups excluding carboxylic acids is 3. The highest BCUT2D eigenvalue weighted by molar-refractivity contribution is 6.36. The summed E-state index contributed by atoms with van der Waals surface area (Å²) in [5.41, 5.74) is 10.5. The number of nitrogens with one attached hydrogen (secondary N) is 3. The van der Waals surface area contributed by atoms with E-state index in [1.54, 1.807) is 33.3 Å². The number of rotatable bonds is 18. The fourth-order valence-corrected chi connectivity index (χ4v) is 7.31. The van der Waals surface area contributed by atoms with Crippen LogP contribution >= 0.6 is 11.6 Å². The number of nitrogens with zero attached hydrogens (tertiary/aromatic N) is 1. The molecule has 2 aromatic carbocycles. The molecular formula is C48H71ClFN5O5. The van der Waals surface area contributed by atoms with Crippen LogP contribution in [0.25, 0.3) is 22.4 Å². The zero-order valence-electron chi connectivity index (χ0n) is 38.0. The van der Waals surface area contributed by atoms with Crippen molar-refractivity contribution in [3.05, 3.63) is 75.6 Å². The zero-order chi connectivity index (χ0) is 45.0. The van der Waals surface area contributed by atoms with Crippen LogP contribution in [0.1, 0.15) is 117 Å². The first-order valence-corrected chi connectivity index (χ1v) is 21.9. The van der Waals surface area contributed by atoms with Crippen LogP contribution < -0.4 is 26.4 Å². The molecule has 2 atom stereocenters. The Hall–Kier alpha value is -4.32. The molecule has 1 heterocycles. The van der Waals surface area contributed by atoms with Crippen LogP contribution in [-0.4, -0.2) is 62.7 Å². The summed E-state index contributed by atoms with van der Waals surface area (Å²) in [6.45, 7) is 17.7. The lowest BCUT2D eigenvalue weighted by Crippen LogP contribution is -2.49. The van der Waals surface area contributed by atoms with Gasteiger partial charge in [0.2, 0.25) is 11.8 Å². The third-order valence-electron chi connectivity index (χ3n) is 11.5. The first kappa shape index (κ1) is 51.8. The van der Waals surface area contributed by atoms with E-state index in [0.29, 0.717) is 39.0 Å². The van der Waals surface area contributed by atoms with Crippen LogP contribution in [-0.2, 0) is 32.0 Å². The van der Waals surface area contributed by atoms with Gasteiger partial charge >= 0.3 is 0 Å². The lowest BCUT2D eigenvalue weighted by atomic mass is 9.84. The van der Waals surface area contributed by atoms with Crippen LogP contribution in [0.2, 0.25) is 5.02 Å². The van der Waals surface area contributed by atoms with Crippen molar-refractivity contribution in [2.75, 3.05) is 39.7 Å². The molecule has 12 heteroatoms. The smallest absolute Gasteiger partial charge is 0.260 e. The number of fused-ring (bicyclic) bond motifs is 1. The van der Waals surface area contributed by atoms with E-state index in [4.69, 9.17) is 26.8 Å². The molecule has 0 bridgehead atoms. The van der Waals surface area contributed by atoms with Gasteiger partial charge in [-0.25, -0.2) is 9.37 Å². The minimum absolute atomic E-state index is 0.00768.